The van der Waals surface area contributed by atoms with Crippen molar-refractivity contribution in [2.24, 2.45) is 0 Å². The smallest absolute Gasteiger partial charge is 0.126 e. The molecule has 112 valence electrons. The topological polar surface area (TPSA) is 12.0 Å². The van der Waals surface area contributed by atoms with Crippen LogP contribution in [0.4, 0.5) is 8.78 Å². The van der Waals surface area contributed by atoms with Crippen LogP contribution in [0.3, 0.4) is 0 Å². The van der Waals surface area contributed by atoms with E-state index < -0.39 is 11.6 Å². The van der Waals surface area contributed by atoms with Crippen molar-refractivity contribution in [1.82, 2.24) is 5.32 Å². The number of rotatable bonds is 6. The van der Waals surface area contributed by atoms with E-state index in [0.29, 0.717) is 12.0 Å². The molecule has 4 heteroatoms. The average molecular weight is 401 g/mol. The van der Waals surface area contributed by atoms with Crippen LogP contribution in [-0.2, 0) is 6.42 Å². The molecule has 1 N–H and O–H groups in total. The summed E-state index contributed by atoms with van der Waals surface area (Å²) < 4.78 is 27.8. The first-order valence-corrected chi connectivity index (χ1v) is 8.10. The Bertz CT molecular complexity index is 564. The molecule has 2 rings (SSSR count). The zero-order valence-electron chi connectivity index (χ0n) is 11.9. The van der Waals surface area contributed by atoms with E-state index in [0.717, 1.165) is 24.6 Å². The molecule has 0 aliphatic heterocycles. The average Bonchev–Trinajstić information content (AvgIpc) is 2.43. The van der Waals surface area contributed by atoms with Crippen LogP contribution in [0.1, 0.15) is 30.5 Å². The minimum Gasteiger partial charge on any atom is -0.310 e. The van der Waals surface area contributed by atoms with E-state index in [1.54, 1.807) is 0 Å². The second kappa shape index (κ2) is 7.84. The summed E-state index contributed by atoms with van der Waals surface area (Å²) in [5.74, 6) is -1.05. The van der Waals surface area contributed by atoms with Crippen LogP contribution in [0.25, 0.3) is 0 Å². The standard InChI is InChI=1S/C17H18F2IN/c1-2-7-21-17(13-3-5-16(20)6-4-13)10-12-8-14(18)11-15(19)9-12/h3-6,8-9,11,17,21H,2,7,10H2,1H3. The van der Waals surface area contributed by atoms with Crippen molar-refractivity contribution in [3.63, 3.8) is 0 Å². The largest absolute Gasteiger partial charge is 0.310 e. The summed E-state index contributed by atoms with van der Waals surface area (Å²) in [5, 5.41) is 3.45. The third-order valence-corrected chi connectivity index (χ3v) is 3.99. The SMILES string of the molecule is CCCNC(Cc1cc(F)cc(F)c1)c1ccc(I)cc1. The van der Waals surface area contributed by atoms with Crippen molar-refractivity contribution in [2.75, 3.05) is 6.54 Å². The molecule has 0 fully saturated rings. The molecule has 21 heavy (non-hydrogen) atoms. The van der Waals surface area contributed by atoms with Crippen LogP contribution in [0.5, 0.6) is 0 Å². The summed E-state index contributed by atoms with van der Waals surface area (Å²) in [5.41, 5.74) is 1.80. The Morgan fingerprint density at radius 2 is 1.67 bits per heavy atom. The lowest BCUT2D eigenvalue weighted by Crippen LogP contribution is -2.24. The molecule has 0 saturated heterocycles. The molecule has 0 bridgehead atoms. The number of hydrogen-bond acceptors (Lipinski definition) is 1. The molecule has 1 atom stereocenters. The molecule has 1 unspecified atom stereocenters. The number of benzene rings is 2. The van der Waals surface area contributed by atoms with E-state index in [1.165, 1.54) is 15.7 Å². The molecule has 0 radical (unpaired) electrons. The summed E-state index contributed by atoms with van der Waals surface area (Å²) in [7, 11) is 0. The van der Waals surface area contributed by atoms with Gasteiger partial charge < -0.3 is 5.32 Å². The molecule has 0 spiro atoms. The van der Waals surface area contributed by atoms with E-state index in [2.05, 4.69) is 47.0 Å². The first-order valence-electron chi connectivity index (χ1n) is 7.02. The van der Waals surface area contributed by atoms with Gasteiger partial charge in [0.25, 0.3) is 0 Å². The molecular formula is C17H18F2IN. The fraction of sp³-hybridized carbons (Fsp3) is 0.294. The van der Waals surface area contributed by atoms with Gasteiger partial charge in [-0.2, -0.15) is 0 Å². The van der Waals surface area contributed by atoms with Crippen molar-refractivity contribution >= 4 is 22.6 Å². The minimum atomic E-state index is -0.526. The van der Waals surface area contributed by atoms with Gasteiger partial charge >= 0.3 is 0 Å². The second-order valence-electron chi connectivity index (χ2n) is 5.04. The van der Waals surface area contributed by atoms with Gasteiger partial charge in [0.1, 0.15) is 11.6 Å². The molecule has 0 aliphatic rings. The van der Waals surface area contributed by atoms with Crippen molar-refractivity contribution in [3.8, 4) is 0 Å². The highest BCUT2D eigenvalue weighted by Gasteiger charge is 2.13. The van der Waals surface area contributed by atoms with Gasteiger partial charge in [0.2, 0.25) is 0 Å². The summed E-state index contributed by atoms with van der Waals surface area (Å²) in [6.45, 7) is 2.97. The van der Waals surface area contributed by atoms with E-state index in [9.17, 15) is 8.78 Å². The molecule has 1 nitrogen and oxygen atoms in total. The van der Waals surface area contributed by atoms with Crippen LogP contribution < -0.4 is 5.32 Å². The van der Waals surface area contributed by atoms with E-state index in [-0.39, 0.29) is 6.04 Å². The lowest BCUT2D eigenvalue weighted by molar-refractivity contribution is 0.522. The maximum atomic E-state index is 13.3. The fourth-order valence-electron chi connectivity index (χ4n) is 2.29. The number of nitrogens with one attached hydrogen (secondary N) is 1. The molecular weight excluding hydrogens is 383 g/mol. The van der Waals surface area contributed by atoms with E-state index in [1.807, 2.05) is 12.1 Å². The molecule has 0 aromatic heterocycles. The quantitative estimate of drug-likeness (QED) is 0.683. The number of halogens is 3. The van der Waals surface area contributed by atoms with Crippen molar-refractivity contribution in [3.05, 3.63) is 68.8 Å². The predicted molar refractivity (Wildman–Crippen MR) is 90.3 cm³/mol. The van der Waals surface area contributed by atoms with Crippen LogP contribution in [0, 0.1) is 15.2 Å². The van der Waals surface area contributed by atoms with E-state index in [4.69, 9.17) is 0 Å². The van der Waals surface area contributed by atoms with Crippen LogP contribution >= 0.6 is 22.6 Å². The van der Waals surface area contributed by atoms with Crippen molar-refractivity contribution < 1.29 is 8.78 Å². The molecule has 0 aliphatic carbocycles. The van der Waals surface area contributed by atoms with Gasteiger partial charge in [-0.1, -0.05) is 19.1 Å². The highest BCUT2D eigenvalue weighted by molar-refractivity contribution is 14.1. The van der Waals surface area contributed by atoms with Gasteiger partial charge in [-0.05, 0) is 77.4 Å². The normalized spacial score (nSPS) is 12.4. The molecule has 0 saturated carbocycles. The Hall–Kier alpha value is -1.01. The lowest BCUT2D eigenvalue weighted by Gasteiger charge is -2.19. The van der Waals surface area contributed by atoms with Crippen molar-refractivity contribution in [1.29, 1.82) is 0 Å². The molecule has 0 heterocycles. The Kier molecular flexibility index (Phi) is 6.11. The maximum absolute atomic E-state index is 13.3. The molecule has 2 aromatic rings. The third kappa shape index (κ3) is 5.04. The maximum Gasteiger partial charge on any atom is 0.126 e. The summed E-state index contributed by atoms with van der Waals surface area (Å²) in [6, 6.07) is 12.0. The Labute approximate surface area is 137 Å². The van der Waals surface area contributed by atoms with Gasteiger partial charge in [0.15, 0.2) is 0 Å². The zero-order chi connectivity index (χ0) is 15.2. The van der Waals surface area contributed by atoms with Crippen molar-refractivity contribution in [2.45, 2.75) is 25.8 Å². The van der Waals surface area contributed by atoms with Crippen LogP contribution in [0.15, 0.2) is 42.5 Å². The Morgan fingerprint density at radius 1 is 1.05 bits per heavy atom. The predicted octanol–water partition coefficient (Wildman–Crippen LogP) is 4.85. The van der Waals surface area contributed by atoms with Gasteiger partial charge in [-0.25, -0.2) is 8.78 Å². The van der Waals surface area contributed by atoms with Gasteiger partial charge in [-0.15, -0.1) is 0 Å². The van der Waals surface area contributed by atoms with Gasteiger partial charge in [0, 0.05) is 15.7 Å². The van der Waals surface area contributed by atoms with E-state index >= 15 is 0 Å². The zero-order valence-corrected chi connectivity index (χ0v) is 14.0. The summed E-state index contributed by atoms with van der Waals surface area (Å²) >= 11 is 2.26. The first-order chi connectivity index (χ1) is 10.1. The first kappa shape index (κ1) is 16.4. The molecule has 2 aromatic carbocycles. The van der Waals surface area contributed by atoms with Crippen LogP contribution in [-0.4, -0.2) is 6.54 Å². The van der Waals surface area contributed by atoms with Gasteiger partial charge in [0.05, 0.1) is 0 Å². The monoisotopic (exact) mass is 401 g/mol. The summed E-state index contributed by atoms with van der Waals surface area (Å²) in [4.78, 5) is 0. The third-order valence-electron chi connectivity index (χ3n) is 3.28. The minimum absolute atomic E-state index is 0.0585. The number of hydrogen-bond donors (Lipinski definition) is 1. The Morgan fingerprint density at radius 3 is 2.24 bits per heavy atom. The lowest BCUT2D eigenvalue weighted by atomic mass is 9.98. The van der Waals surface area contributed by atoms with Crippen LogP contribution in [0.2, 0.25) is 0 Å². The van der Waals surface area contributed by atoms with Gasteiger partial charge in [-0.3, -0.25) is 0 Å². The highest BCUT2D eigenvalue weighted by atomic mass is 127. The highest BCUT2D eigenvalue weighted by Crippen LogP contribution is 2.21. The fourth-order valence-corrected chi connectivity index (χ4v) is 2.65. The Balaban J connectivity index is 2.21. The summed E-state index contributed by atoms with van der Waals surface area (Å²) in [6.07, 6.45) is 1.58. The second-order valence-corrected chi connectivity index (χ2v) is 6.29. The molecule has 0 amide bonds.